The zero-order valence-corrected chi connectivity index (χ0v) is 15.8. The standard InChI is InChI=1S/C19H27FNOP/c1-18(2,3)23(19(4,5)6)13-21(22)16-12-11-14-9-7-8-10-15(14)17(16)20/h7-12,22H,13H2,1-6H3. The van der Waals surface area contributed by atoms with Crippen LogP contribution < -0.4 is 5.06 Å². The zero-order chi connectivity index (χ0) is 17.4. The van der Waals surface area contributed by atoms with Crippen molar-refractivity contribution < 1.29 is 9.60 Å². The molecular weight excluding hydrogens is 308 g/mol. The molecule has 0 unspecified atom stereocenters. The van der Waals surface area contributed by atoms with Gasteiger partial charge < -0.3 is 0 Å². The Hall–Kier alpha value is -1.18. The minimum atomic E-state index is -0.552. The molecule has 1 N–H and O–H groups in total. The fourth-order valence-corrected chi connectivity index (χ4v) is 6.34. The van der Waals surface area contributed by atoms with Crippen LogP contribution in [0.25, 0.3) is 10.8 Å². The van der Waals surface area contributed by atoms with Crippen LogP contribution in [0.2, 0.25) is 0 Å². The highest BCUT2D eigenvalue weighted by molar-refractivity contribution is 7.60. The van der Waals surface area contributed by atoms with E-state index in [9.17, 15) is 9.60 Å². The molecule has 23 heavy (non-hydrogen) atoms. The maximum absolute atomic E-state index is 14.8. The van der Waals surface area contributed by atoms with Crippen molar-refractivity contribution in [3.8, 4) is 0 Å². The summed E-state index contributed by atoms with van der Waals surface area (Å²) in [6.45, 7) is 13.1. The Morgan fingerprint density at radius 1 is 0.957 bits per heavy atom. The summed E-state index contributed by atoms with van der Waals surface area (Å²) in [6.07, 6.45) is 0.456. The van der Waals surface area contributed by atoms with Gasteiger partial charge in [-0.15, -0.1) is 0 Å². The number of halogens is 1. The quantitative estimate of drug-likeness (QED) is 0.532. The summed E-state index contributed by atoms with van der Waals surface area (Å²) in [5, 5.41) is 13.2. The summed E-state index contributed by atoms with van der Waals surface area (Å²) in [5.74, 6) is -0.358. The first-order valence-corrected chi connectivity index (χ1v) is 9.46. The molecule has 0 heterocycles. The molecule has 0 amide bonds. The minimum Gasteiger partial charge on any atom is -0.288 e. The van der Waals surface area contributed by atoms with Crippen LogP contribution in [0, 0.1) is 5.82 Å². The lowest BCUT2D eigenvalue weighted by Crippen LogP contribution is -2.33. The van der Waals surface area contributed by atoms with Gasteiger partial charge in [0, 0.05) is 5.39 Å². The second-order valence-corrected chi connectivity index (χ2v) is 11.8. The number of benzene rings is 2. The van der Waals surface area contributed by atoms with Crippen LogP contribution in [0.3, 0.4) is 0 Å². The van der Waals surface area contributed by atoms with Gasteiger partial charge in [-0.3, -0.25) is 5.21 Å². The predicted octanol–water partition coefficient (Wildman–Crippen LogP) is 6.21. The maximum atomic E-state index is 14.8. The molecule has 0 saturated carbocycles. The van der Waals surface area contributed by atoms with E-state index < -0.39 is 7.92 Å². The average Bonchev–Trinajstić information content (AvgIpc) is 2.42. The minimum absolute atomic E-state index is 0.0713. The molecule has 0 aliphatic carbocycles. The van der Waals surface area contributed by atoms with E-state index in [1.807, 2.05) is 24.3 Å². The summed E-state index contributed by atoms with van der Waals surface area (Å²) >= 11 is 0. The van der Waals surface area contributed by atoms with Crippen molar-refractivity contribution in [1.82, 2.24) is 0 Å². The second kappa shape index (κ2) is 6.37. The molecule has 0 fully saturated rings. The van der Waals surface area contributed by atoms with E-state index >= 15 is 0 Å². The number of nitrogens with zero attached hydrogens (tertiary/aromatic N) is 1. The normalized spacial score (nSPS) is 12.9. The van der Waals surface area contributed by atoms with Gasteiger partial charge in [0.05, 0.1) is 6.29 Å². The van der Waals surface area contributed by atoms with Gasteiger partial charge in [-0.2, -0.15) is 0 Å². The van der Waals surface area contributed by atoms with Crippen LogP contribution in [0.5, 0.6) is 0 Å². The Labute approximate surface area is 140 Å². The number of hydrogen-bond acceptors (Lipinski definition) is 2. The molecule has 126 valence electrons. The first-order valence-electron chi connectivity index (χ1n) is 7.93. The average molecular weight is 335 g/mol. The Morgan fingerprint density at radius 3 is 2.09 bits per heavy atom. The van der Waals surface area contributed by atoms with Crippen LogP contribution in [0.1, 0.15) is 41.5 Å². The van der Waals surface area contributed by atoms with E-state index in [1.165, 1.54) is 0 Å². The Morgan fingerprint density at radius 2 is 1.52 bits per heavy atom. The van der Waals surface area contributed by atoms with Crippen LogP contribution in [0.15, 0.2) is 36.4 Å². The molecule has 0 radical (unpaired) electrons. The van der Waals surface area contributed by atoms with Gasteiger partial charge in [0.1, 0.15) is 5.69 Å². The fourth-order valence-electron chi connectivity index (χ4n) is 3.06. The molecule has 0 atom stereocenters. The third-order valence-electron chi connectivity index (χ3n) is 4.02. The van der Waals surface area contributed by atoms with Gasteiger partial charge in [0.15, 0.2) is 5.82 Å². The van der Waals surface area contributed by atoms with Crippen LogP contribution in [-0.4, -0.2) is 21.8 Å². The van der Waals surface area contributed by atoms with Gasteiger partial charge in [-0.1, -0.05) is 79.8 Å². The van der Waals surface area contributed by atoms with Gasteiger partial charge in [-0.25, -0.2) is 9.45 Å². The van der Waals surface area contributed by atoms with E-state index in [1.54, 1.807) is 12.1 Å². The highest BCUT2D eigenvalue weighted by Crippen LogP contribution is 2.59. The van der Waals surface area contributed by atoms with Crippen molar-refractivity contribution in [2.24, 2.45) is 0 Å². The summed E-state index contributed by atoms with van der Waals surface area (Å²) in [6, 6.07) is 10.8. The van der Waals surface area contributed by atoms with Crippen LogP contribution in [-0.2, 0) is 0 Å². The monoisotopic (exact) mass is 335 g/mol. The van der Waals surface area contributed by atoms with E-state index in [0.717, 1.165) is 10.4 Å². The number of anilines is 1. The second-order valence-electron chi connectivity index (χ2n) is 7.93. The van der Waals surface area contributed by atoms with Crippen molar-refractivity contribution >= 4 is 24.4 Å². The highest BCUT2D eigenvalue weighted by atomic mass is 31.1. The first kappa shape index (κ1) is 18.2. The number of hydroxylamine groups is 1. The van der Waals surface area contributed by atoms with Crippen molar-refractivity contribution in [1.29, 1.82) is 0 Å². The lowest BCUT2D eigenvalue weighted by atomic mass is 10.1. The lowest BCUT2D eigenvalue weighted by molar-refractivity contribution is 0.268. The van der Waals surface area contributed by atoms with E-state index in [2.05, 4.69) is 41.5 Å². The smallest absolute Gasteiger partial charge is 0.156 e. The molecule has 0 bridgehead atoms. The molecule has 0 aromatic heterocycles. The van der Waals surface area contributed by atoms with Gasteiger partial charge in [0.25, 0.3) is 0 Å². The molecule has 2 aromatic carbocycles. The largest absolute Gasteiger partial charge is 0.288 e. The third-order valence-corrected chi connectivity index (χ3v) is 7.81. The lowest BCUT2D eigenvalue weighted by Gasteiger charge is -2.43. The first-order chi connectivity index (χ1) is 10.5. The van der Waals surface area contributed by atoms with Crippen LogP contribution >= 0.6 is 7.92 Å². The molecular formula is C19H27FNOP. The Kier molecular flexibility index (Phi) is 5.03. The zero-order valence-electron chi connectivity index (χ0n) is 14.9. The summed E-state index contributed by atoms with van der Waals surface area (Å²) in [5.41, 5.74) is 0.254. The summed E-state index contributed by atoms with van der Waals surface area (Å²) < 4.78 is 14.8. The van der Waals surface area contributed by atoms with Crippen molar-refractivity contribution in [2.45, 2.75) is 51.9 Å². The summed E-state index contributed by atoms with van der Waals surface area (Å²) in [7, 11) is -0.552. The number of hydrogen-bond donors (Lipinski definition) is 1. The summed E-state index contributed by atoms with van der Waals surface area (Å²) in [4.78, 5) is 0. The molecule has 2 nitrogen and oxygen atoms in total. The number of fused-ring (bicyclic) bond motifs is 1. The molecule has 2 rings (SSSR count). The van der Waals surface area contributed by atoms with Crippen molar-refractivity contribution in [2.75, 3.05) is 11.3 Å². The third kappa shape index (κ3) is 4.02. The van der Waals surface area contributed by atoms with E-state index in [4.69, 9.17) is 0 Å². The fraction of sp³-hybridized carbons (Fsp3) is 0.474. The van der Waals surface area contributed by atoms with Gasteiger partial charge in [-0.05, 0) is 21.8 Å². The number of rotatable bonds is 3. The van der Waals surface area contributed by atoms with Gasteiger partial charge >= 0.3 is 0 Å². The SMILES string of the molecule is CC(C)(C)P(CN(O)c1ccc2ccccc2c1F)C(C)(C)C. The van der Waals surface area contributed by atoms with E-state index in [-0.39, 0.29) is 21.8 Å². The molecule has 4 heteroatoms. The molecule has 0 saturated heterocycles. The maximum Gasteiger partial charge on any atom is 0.156 e. The molecule has 0 spiro atoms. The molecule has 2 aromatic rings. The molecule has 0 aliphatic rings. The highest BCUT2D eigenvalue weighted by Gasteiger charge is 2.35. The van der Waals surface area contributed by atoms with Gasteiger partial charge in [0.2, 0.25) is 0 Å². The van der Waals surface area contributed by atoms with E-state index in [0.29, 0.717) is 11.7 Å². The Bertz CT molecular complexity index is 674. The van der Waals surface area contributed by atoms with Crippen molar-refractivity contribution in [3.05, 3.63) is 42.2 Å². The topological polar surface area (TPSA) is 23.5 Å². The van der Waals surface area contributed by atoms with Crippen LogP contribution in [0.4, 0.5) is 10.1 Å². The van der Waals surface area contributed by atoms with Crippen molar-refractivity contribution in [3.63, 3.8) is 0 Å². The Balaban J connectivity index is 2.37. The predicted molar refractivity (Wildman–Crippen MR) is 99.5 cm³/mol. The molecule has 0 aliphatic heterocycles.